The number of nitrogens with zero attached hydrogens (tertiary/aromatic N) is 2. The van der Waals surface area contributed by atoms with Crippen LogP contribution in [0.25, 0.3) is 0 Å². The molecule has 6 nitrogen and oxygen atoms in total. The van der Waals surface area contributed by atoms with Gasteiger partial charge in [0.15, 0.2) is 0 Å². The molecule has 0 saturated carbocycles. The van der Waals surface area contributed by atoms with Gasteiger partial charge in [-0.15, -0.1) is 0 Å². The largest absolute Gasteiger partial charge is 0.383 e. The molecule has 1 aromatic rings. The highest BCUT2D eigenvalue weighted by Gasteiger charge is 2.34. The van der Waals surface area contributed by atoms with Gasteiger partial charge in [-0.25, -0.2) is 9.97 Å². The zero-order chi connectivity index (χ0) is 12.3. The molecule has 0 amide bonds. The number of methoxy groups -OCH3 is 1. The molecule has 0 aromatic carbocycles. The van der Waals surface area contributed by atoms with E-state index in [0.29, 0.717) is 19.0 Å². The van der Waals surface area contributed by atoms with Crippen molar-refractivity contribution in [3.05, 3.63) is 11.9 Å². The Labute approximate surface area is 101 Å². The van der Waals surface area contributed by atoms with Crippen molar-refractivity contribution >= 4 is 11.6 Å². The molecule has 3 N–H and O–H groups in total. The van der Waals surface area contributed by atoms with Gasteiger partial charge in [0.2, 0.25) is 0 Å². The number of hydrogen-bond acceptors (Lipinski definition) is 6. The van der Waals surface area contributed by atoms with Gasteiger partial charge in [0.05, 0.1) is 6.61 Å². The molecule has 0 spiro atoms. The lowest BCUT2D eigenvalue weighted by molar-refractivity contribution is -0.00626. The van der Waals surface area contributed by atoms with Crippen LogP contribution in [0.4, 0.5) is 11.6 Å². The summed E-state index contributed by atoms with van der Waals surface area (Å²) in [5, 5.41) is 3.25. The number of aromatic nitrogens is 2. The number of ether oxygens (including phenoxy) is 2. The molecule has 94 valence electrons. The summed E-state index contributed by atoms with van der Waals surface area (Å²) < 4.78 is 10.9. The Hall–Kier alpha value is -1.40. The van der Waals surface area contributed by atoms with E-state index in [2.05, 4.69) is 15.3 Å². The first-order chi connectivity index (χ1) is 8.17. The summed E-state index contributed by atoms with van der Waals surface area (Å²) in [6.07, 6.45) is 2.34. The maximum Gasteiger partial charge on any atom is 0.134 e. The summed E-state index contributed by atoms with van der Waals surface area (Å²) in [7, 11) is 1.71. The molecule has 1 fully saturated rings. The Bertz CT molecular complexity index is 391. The van der Waals surface area contributed by atoms with E-state index in [0.717, 1.165) is 24.4 Å². The van der Waals surface area contributed by atoms with Crippen molar-refractivity contribution in [2.24, 2.45) is 0 Å². The zero-order valence-corrected chi connectivity index (χ0v) is 10.2. The van der Waals surface area contributed by atoms with Gasteiger partial charge in [0.25, 0.3) is 0 Å². The Kier molecular flexibility index (Phi) is 3.44. The molecular weight excluding hydrogens is 220 g/mol. The highest BCUT2D eigenvalue weighted by molar-refractivity contribution is 5.53. The predicted molar refractivity (Wildman–Crippen MR) is 64.8 cm³/mol. The fraction of sp³-hybridized carbons (Fsp3) is 0.636. The van der Waals surface area contributed by atoms with Crippen LogP contribution in [-0.4, -0.2) is 42.4 Å². The maximum absolute atomic E-state index is 5.72. The van der Waals surface area contributed by atoms with E-state index < -0.39 is 0 Å². The van der Waals surface area contributed by atoms with Crippen molar-refractivity contribution in [2.45, 2.75) is 18.9 Å². The fourth-order valence-electron chi connectivity index (χ4n) is 1.85. The summed E-state index contributed by atoms with van der Waals surface area (Å²) >= 11 is 0. The molecule has 2 heterocycles. The Morgan fingerprint density at radius 1 is 1.59 bits per heavy atom. The second kappa shape index (κ2) is 4.85. The van der Waals surface area contributed by atoms with Crippen LogP contribution >= 0.6 is 0 Å². The number of hydrogen-bond donors (Lipinski definition) is 2. The molecule has 0 radical (unpaired) electrons. The van der Waals surface area contributed by atoms with E-state index >= 15 is 0 Å². The topological polar surface area (TPSA) is 82.3 Å². The first kappa shape index (κ1) is 12.1. The average molecular weight is 238 g/mol. The molecule has 1 atom stereocenters. The van der Waals surface area contributed by atoms with Crippen molar-refractivity contribution in [1.29, 1.82) is 0 Å². The molecule has 1 aromatic heterocycles. The Balaban J connectivity index is 2.04. The summed E-state index contributed by atoms with van der Waals surface area (Å²) in [5.74, 6) is 1.25. The first-order valence-electron chi connectivity index (χ1n) is 5.61. The lowest BCUT2D eigenvalue weighted by atomic mass is 10.0. The van der Waals surface area contributed by atoms with E-state index in [1.807, 2.05) is 6.92 Å². The van der Waals surface area contributed by atoms with Crippen LogP contribution in [0.15, 0.2) is 6.33 Å². The third-order valence-electron chi connectivity index (χ3n) is 3.20. The summed E-state index contributed by atoms with van der Waals surface area (Å²) in [4.78, 5) is 8.09. The van der Waals surface area contributed by atoms with Crippen molar-refractivity contribution < 1.29 is 9.47 Å². The molecule has 1 aliphatic rings. The summed E-state index contributed by atoms with van der Waals surface area (Å²) in [6, 6.07) is 0. The van der Waals surface area contributed by atoms with Crippen LogP contribution in [0.2, 0.25) is 0 Å². The van der Waals surface area contributed by atoms with E-state index in [9.17, 15) is 0 Å². The fourth-order valence-corrected chi connectivity index (χ4v) is 1.85. The van der Waals surface area contributed by atoms with Crippen molar-refractivity contribution in [2.75, 3.05) is 37.9 Å². The van der Waals surface area contributed by atoms with Crippen LogP contribution in [0.1, 0.15) is 12.0 Å². The minimum absolute atomic E-state index is 0.258. The normalized spacial score (nSPS) is 23.9. The smallest absolute Gasteiger partial charge is 0.134 e. The molecule has 1 aliphatic heterocycles. The van der Waals surface area contributed by atoms with E-state index in [1.165, 1.54) is 6.33 Å². The second-order valence-electron chi connectivity index (χ2n) is 4.28. The average Bonchev–Trinajstić information content (AvgIpc) is 2.81. The third kappa shape index (κ3) is 2.48. The molecule has 6 heteroatoms. The highest BCUT2D eigenvalue weighted by Crippen LogP contribution is 2.24. The van der Waals surface area contributed by atoms with Crippen LogP contribution in [0, 0.1) is 6.92 Å². The molecule has 0 bridgehead atoms. The van der Waals surface area contributed by atoms with Crippen molar-refractivity contribution in [3.63, 3.8) is 0 Å². The molecule has 2 rings (SSSR count). The quantitative estimate of drug-likeness (QED) is 0.798. The molecule has 17 heavy (non-hydrogen) atoms. The highest BCUT2D eigenvalue weighted by atomic mass is 16.5. The third-order valence-corrected chi connectivity index (χ3v) is 3.20. The first-order valence-corrected chi connectivity index (χ1v) is 5.61. The van der Waals surface area contributed by atoms with Gasteiger partial charge in [-0.3, -0.25) is 0 Å². The van der Waals surface area contributed by atoms with Crippen molar-refractivity contribution in [3.8, 4) is 0 Å². The number of anilines is 2. The summed E-state index contributed by atoms with van der Waals surface area (Å²) in [5.41, 5.74) is 6.32. The van der Waals surface area contributed by atoms with Crippen LogP contribution < -0.4 is 11.1 Å². The predicted octanol–water partition coefficient (Wildman–Crippen LogP) is 0.585. The second-order valence-corrected chi connectivity index (χ2v) is 4.28. The van der Waals surface area contributed by atoms with Gasteiger partial charge < -0.3 is 20.5 Å². The number of nitrogens with one attached hydrogen (secondary N) is 1. The van der Waals surface area contributed by atoms with Crippen LogP contribution in [0.5, 0.6) is 0 Å². The lowest BCUT2D eigenvalue weighted by Crippen LogP contribution is -2.39. The van der Waals surface area contributed by atoms with Crippen LogP contribution in [0.3, 0.4) is 0 Å². The van der Waals surface area contributed by atoms with E-state index in [-0.39, 0.29) is 5.60 Å². The van der Waals surface area contributed by atoms with Crippen LogP contribution in [-0.2, 0) is 9.47 Å². The minimum atomic E-state index is -0.258. The van der Waals surface area contributed by atoms with Gasteiger partial charge in [-0.1, -0.05) is 0 Å². The Morgan fingerprint density at radius 3 is 3.06 bits per heavy atom. The van der Waals surface area contributed by atoms with E-state index in [4.69, 9.17) is 15.2 Å². The lowest BCUT2D eigenvalue weighted by Gasteiger charge is -2.26. The molecule has 1 unspecified atom stereocenters. The minimum Gasteiger partial charge on any atom is -0.383 e. The maximum atomic E-state index is 5.72. The Morgan fingerprint density at radius 2 is 2.41 bits per heavy atom. The van der Waals surface area contributed by atoms with Gasteiger partial charge in [-0.2, -0.15) is 0 Å². The molecule has 1 saturated heterocycles. The SMILES string of the molecule is COC1(CNc2ncnc(N)c2C)CCOC1. The van der Waals surface area contributed by atoms with E-state index in [1.54, 1.807) is 7.11 Å². The van der Waals surface area contributed by atoms with Gasteiger partial charge in [0, 0.05) is 32.2 Å². The molecular formula is C11H18N4O2. The van der Waals surface area contributed by atoms with Gasteiger partial charge in [0.1, 0.15) is 23.6 Å². The summed E-state index contributed by atoms with van der Waals surface area (Å²) in [6.45, 7) is 3.89. The number of rotatable bonds is 4. The van der Waals surface area contributed by atoms with Gasteiger partial charge >= 0.3 is 0 Å². The zero-order valence-electron chi connectivity index (χ0n) is 10.2. The standard InChI is InChI=1S/C11H18N4O2/c1-8-9(12)14-7-15-10(8)13-5-11(16-2)3-4-17-6-11/h7H,3-6H2,1-2H3,(H3,12,13,14,15). The number of nitrogens with two attached hydrogens (primary N) is 1. The van der Waals surface area contributed by atoms with Crippen molar-refractivity contribution in [1.82, 2.24) is 9.97 Å². The molecule has 0 aliphatic carbocycles. The monoisotopic (exact) mass is 238 g/mol. The number of nitrogen functional groups attached to an aromatic ring is 1. The van der Waals surface area contributed by atoms with Gasteiger partial charge in [-0.05, 0) is 6.92 Å².